The third kappa shape index (κ3) is 3.30. The van der Waals surface area contributed by atoms with Gasteiger partial charge in [0.1, 0.15) is 10.4 Å². The summed E-state index contributed by atoms with van der Waals surface area (Å²) in [4.78, 5) is 27.5. The molecule has 1 N–H and O–H groups in total. The maximum atomic E-state index is 12.9. The van der Waals surface area contributed by atoms with Crippen molar-refractivity contribution in [1.82, 2.24) is 19.7 Å². The lowest BCUT2D eigenvalue weighted by Crippen LogP contribution is -2.40. The number of hydrogen-bond donors (Lipinski definition) is 1. The lowest BCUT2D eigenvalue weighted by molar-refractivity contribution is -0.134. The van der Waals surface area contributed by atoms with Crippen molar-refractivity contribution in [3.63, 3.8) is 0 Å². The molecule has 2 aromatic heterocycles. The predicted octanol–water partition coefficient (Wildman–Crippen LogP) is 2.84. The van der Waals surface area contributed by atoms with Crippen molar-refractivity contribution in [1.29, 1.82) is 0 Å². The Labute approximate surface area is 150 Å². The van der Waals surface area contributed by atoms with Gasteiger partial charge in [0.05, 0.1) is 23.4 Å². The highest BCUT2D eigenvalue weighted by Crippen LogP contribution is 2.35. The molecule has 1 fully saturated rings. The number of rotatable bonds is 3. The number of piperidine rings is 1. The summed E-state index contributed by atoms with van der Waals surface area (Å²) >= 11 is 0.400. The van der Waals surface area contributed by atoms with Crippen LogP contribution in [0.3, 0.4) is 0 Å². The molecule has 0 radical (unpaired) electrons. The number of carbonyl (C=O) groups excluding carboxylic acids is 1. The lowest BCUT2D eigenvalue weighted by Gasteiger charge is -2.32. The molecule has 26 heavy (non-hydrogen) atoms. The molecular formula is C15H15F3N4O3S. The van der Waals surface area contributed by atoms with Crippen molar-refractivity contribution in [3.8, 4) is 0 Å². The highest BCUT2D eigenvalue weighted by molar-refractivity contribution is 7.10. The Morgan fingerprint density at radius 2 is 1.96 bits per heavy atom. The molecule has 0 atom stereocenters. The zero-order valence-electron chi connectivity index (χ0n) is 13.7. The van der Waals surface area contributed by atoms with Gasteiger partial charge in [0.25, 0.3) is 5.91 Å². The summed E-state index contributed by atoms with van der Waals surface area (Å²) in [6.07, 6.45) is -2.39. The largest absolute Gasteiger partial charge is 0.478 e. The smallest absolute Gasteiger partial charge is 0.427 e. The average Bonchev–Trinajstić information content (AvgIpc) is 3.20. The monoisotopic (exact) mass is 388 g/mol. The van der Waals surface area contributed by atoms with Crippen molar-refractivity contribution >= 4 is 23.2 Å². The number of likely N-dealkylation sites (tertiary alicyclic amines) is 1. The Morgan fingerprint density at radius 1 is 1.31 bits per heavy atom. The summed E-state index contributed by atoms with van der Waals surface area (Å²) in [7, 11) is 0. The molecular weight excluding hydrogens is 373 g/mol. The Hall–Kier alpha value is -2.43. The summed E-state index contributed by atoms with van der Waals surface area (Å²) < 4.78 is 40.4. The number of carboxylic acids is 1. The van der Waals surface area contributed by atoms with Crippen LogP contribution in [-0.2, 0) is 6.18 Å². The summed E-state index contributed by atoms with van der Waals surface area (Å²) in [5, 5.41) is 13.2. The van der Waals surface area contributed by atoms with Gasteiger partial charge in [-0.1, -0.05) is 0 Å². The summed E-state index contributed by atoms with van der Waals surface area (Å²) in [5.74, 6) is -1.80. The van der Waals surface area contributed by atoms with Gasteiger partial charge < -0.3 is 10.0 Å². The van der Waals surface area contributed by atoms with Gasteiger partial charge in [-0.3, -0.25) is 9.48 Å². The van der Waals surface area contributed by atoms with Gasteiger partial charge in [-0.05, 0) is 19.8 Å². The van der Waals surface area contributed by atoms with Crippen LogP contribution >= 0.6 is 11.3 Å². The fourth-order valence-electron chi connectivity index (χ4n) is 3.06. The van der Waals surface area contributed by atoms with Gasteiger partial charge in [0.2, 0.25) is 0 Å². The van der Waals surface area contributed by atoms with Gasteiger partial charge in [0, 0.05) is 13.1 Å². The van der Waals surface area contributed by atoms with Crippen LogP contribution in [0.15, 0.2) is 11.7 Å². The van der Waals surface area contributed by atoms with Crippen molar-refractivity contribution < 1.29 is 27.9 Å². The second kappa shape index (κ2) is 6.71. The number of amides is 1. The molecule has 1 aliphatic heterocycles. The zero-order chi connectivity index (χ0) is 19.1. The third-order valence-corrected chi connectivity index (χ3v) is 5.27. The van der Waals surface area contributed by atoms with Crippen LogP contribution in [0.4, 0.5) is 13.2 Å². The number of aromatic carboxylic acids is 1. The molecule has 1 amide bonds. The molecule has 0 aromatic carbocycles. The first kappa shape index (κ1) is 18.4. The van der Waals surface area contributed by atoms with E-state index in [1.54, 1.807) is 11.6 Å². The number of halogens is 3. The van der Waals surface area contributed by atoms with Crippen molar-refractivity contribution in [2.75, 3.05) is 13.1 Å². The van der Waals surface area contributed by atoms with E-state index in [9.17, 15) is 22.8 Å². The number of carboxylic acid groups (broad SMARTS) is 1. The Balaban J connectivity index is 1.70. The van der Waals surface area contributed by atoms with Crippen LogP contribution in [-0.4, -0.2) is 49.7 Å². The molecule has 2 aromatic rings. The zero-order valence-corrected chi connectivity index (χ0v) is 14.5. The normalized spacial score (nSPS) is 16.1. The molecule has 0 bridgehead atoms. The maximum absolute atomic E-state index is 12.9. The minimum atomic E-state index is -4.61. The van der Waals surface area contributed by atoms with Gasteiger partial charge in [-0.25, -0.2) is 9.78 Å². The third-order valence-electron chi connectivity index (χ3n) is 4.40. The first-order valence-electron chi connectivity index (χ1n) is 7.77. The van der Waals surface area contributed by atoms with Crippen LogP contribution in [0.25, 0.3) is 0 Å². The molecule has 0 unspecified atom stereocenters. The maximum Gasteiger partial charge on any atom is 0.427 e. The number of alkyl halides is 3. The van der Waals surface area contributed by atoms with E-state index in [4.69, 9.17) is 5.11 Å². The van der Waals surface area contributed by atoms with Crippen LogP contribution in [0.5, 0.6) is 0 Å². The minimum absolute atomic E-state index is 0.107. The first-order valence-corrected chi connectivity index (χ1v) is 8.65. The second-order valence-electron chi connectivity index (χ2n) is 5.94. The molecule has 1 aliphatic rings. The standard InChI is InChI=1S/C15H15F3N4O3S/c1-8-10(14(24)25)6-20-22(8)9-2-4-21(5-3-9)13(23)11-12(15(16,17)18)26-7-19-11/h6-7,9H,2-5H2,1H3,(H,24,25). The van der Waals surface area contributed by atoms with Gasteiger partial charge >= 0.3 is 12.1 Å². The minimum Gasteiger partial charge on any atom is -0.478 e. The second-order valence-corrected chi connectivity index (χ2v) is 6.80. The van der Waals surface area contributed by atoms with E-state index in [1.807, 2.05) is 0 Å². The molecule has 3 rings (SSSR count). The quantitative estimate of drug-likeness (QED) is 0.874. The lowest BCUT2D eigenvalue weighted by atomic mass is 10.0. The van der Waals surface area contributed by atoms with Crippen LogP contribution in [0.2, 0.25) is 0 Å². The van der Waals surface area contributed by atoms with E-state index in [-0.39, 0.29) is 24.7 Å². The topological polar surface area (TPSA) is 88.3 Å². The highest BCUT2D eigenvalue weighted by atomic mass is 32.1. The van der Waals surface area contributed by atoms with E-state index < -0.39 is 28.6 Å². The SMILES string of the molecule is Cc1c(C(=O)O)cnn1C1CCN(C(=O)c2ncsc2C(F)(F)F)CC1. The molecule has 0 spiro atoms. The Bertz CT molecular complexity index is 838. The van der Waals surface area contributed by atoms with Crippen LogP contribution < -0.4 is 0 Å². The molecule has 0 saturated carbocycles. The van der Waals surface area contributed by atoms with Gasteiger partial charge in [-0.15, -0.1) is 11.3 Å². The number of aromatic nitrogens is 3. The summed E-state index contributed by atoms with van der Waals surface area (Å²) in [5.41, 5.74) is 1.08. The average molecular weight is 388 g/mol. The number of carbonyl (C=O) groups is 2. The summed E-state index contributed by atoms with van der Waals surface area (Å²) in [6, 6.07) is -0.107. The van der Waals surface area contributed by atoms with Crippen molar-refractivity contribution in [2.45, 2.75) is 32.0 Å². The fraction of sp³-hybridized carbons (Fsp3) is 0.467. The number of nitrogens with zero attached hydrogens (tertiary/aromatic N) is 4. The van der Waals surface area contributed by atoms with E-state index in [0.717, 1.165) is 5.51 Å². The molecule has 7 nitrogen and oxygen atoms in total. The molecule has 11 heteroatoms. The Kier molecular flexibility index (Phi) is 4.74. The van der Waals surface area contributed by atoms with Crippen molar-refractivity contribution in [2.24, 2.45) is 0 Å². The summed E-state index contributed by atoms with van der Waals surface area (Å²) in [6.45, 7) is 2.15. The molecule has 0 aliphatic carbocycles. The predicted molar refractivity (Wildman–Crippen MR) is 85.2 cm³/mol. The van der Waals surface area contributed by atoms with E-state index in [2.05, 4.69) is 10.1 Å². The van der Waals surface area contributed by atoms with Crippen LogP contribution in [0.1, 0.15) is 50.3 Å². The van der Waals surface area contributed by atoms with E-state index in [1.165, 1.54) is 11.1 Å². The molecule has 140 valence electrons. The molecule has 3 heterocycles. The van der Waals surface area contributed by atoms with Crippen molar-refractivity contribution in [3.05, 3.63) is 33.5 Å². The van der Waals surface area contributed by atoms with Crippen LogP contribution in [0, 0.1) is 6.92 Å². The number of hydrogen-bond acceptors (Lipinski definition) is 5. The van der Waals surface area contributed by atoms with E-state index >= 15 is 0 Å². The fourth-order valence-corrected chi connectivity index (χ4v) is 3.71. The first-order chi connectivity index (χ1) is 12.2. The Morgan fingerprint density at radius 3 is 2.50 bits per heavy atom. The molecule has 1 saturated heterocycles. The van der Waals surface area contributed by atoms with Gasteiger partial charge in [0.15, 0.2) is 5.69 Å². The van der Waals surface area contributed by atoms with Gasteiger partial charge in [-0.2, -0.15) is 18.3 Å². The van der Waals surface area contributed by atoms with E-state index in [0.29, 0.717) is 29.9 Å². The number of thiazole rings is 1. The highest BCUT2D eigenvalue weighted by Gasteiger charge is 2.39.